The normalized spacial score (nSPS) is 21.3. The number of hydrogen-bond acceptors (Lipinski definition) is 2. The van der Waals surface area contributed by atoms with E-state index in [2.05, 4.69) is 55.3 Å². The zero-order chi connectivity index (χ0) is 13.0. The van der Waals surface area contributed by atoms with Crippen molar-refractivity contribution in [2.24, 2.45) is 0 Å². The second-order valence-electron chi connectivity index (χ2n) is 5.40. The summed E-state index contributed by atoms with van der Waals surface area (Å²) in [7, 11) is 0. The second-order valence-corrected chi connectivity index (χ2v) is 5.40. The first-order chi connectivity index (χ1) is 8.76. The van der Waals surface area contributed by atoms with Crippen molar-refractivity contribution in [3.05, 3.63) is 29.8 Å². The Balaban J connectivity index is 2.27. The van der Waals surface area contributed by atoms with Crippen LogP contribution < -0.4 is 10.2 Å². The van der Waals surface area contributed by atoms with Gasteiger partial charge in [-0.2, -0.15) is 0 Å². The van der Waals surface area contributed by atoms with Crippen LogP contribution in [0, 0.1) is 0 Å². The molecule has 0 amide bonds. The summed E-state index contributed by atoms with van der Waals surface area (Å²) in [6, 6.07) is 10.1. The van der Waals surface area contributed by atoms with Crippen LogP contribution in [-0.4, -0.2) is 18.6 Å². The third-order valence-electron chi connectivity index (χ3n) is 4.03. The lowest BCUT2D eigenvalue weighted by Crippen LogP contribution is -2.42. The number of fused-ring (bicyclic) bond motifs is 1. The predicted molar refractivity (Wildman–Crippen MR) is 79.1 cm³/mol. The Morgan fingerprint density at radius 1 is 1.33 bits per heavy atom. The van der Waals surface area contributed by atoms with E-state index in [4.69, 9.17) is 0 Å². The van der Waals surface area contributed by atoms with Gasteiger partial charge in [0.2, 0.25) is 0 Å². The molecule has 2 rings (SSSR count). The van der Waals surface area contributed by atoms with Crippen molar-refractivity contribution in [3.8, 4) is 0 Å². The number of nitrogens with zero attached hydrogens (tertiary/aromatic N) is 1. The topological polar surface area (TPSA) is 15.3 Å². The molecule has 2 atom stereocenters. The van der Waals surface area contributed by atoms with Crippen molar-refractivity contribution in [3.63, 3.8) is 0 Å². The first-order valence-corrected chi connectivity index (χ1v) is 7.34. The quantitative estimate of drug-likeness (QED) is 0.874. The van der Waals surface area contributed by atoms with Crippen molar-refractivity contribution < 1.29 is 0 Å². The summed E-state index contributed by atoms with van der Waals surface area (Å²) in [5, 5.41) is 3.67. The molecular formula is C16H26N2. The fourth-order valence-electron chi connectivity index (χ4n) is 2.86. The molecule has 0 bridgehead atoms. The van der Waals surface area contributed by atoms with Gasteiger partial charge in [-0.3, -0.25) is 0 Å². The number of nitrogens with one attached hydrogen (secondary N) is 1. The summed E-state index contributed by atoms with van der Waals surface area (Å²) in [6.07, 6.45) is 3.72. The van der Waals surface area contributed by atoms with Gasteiger partial charge in [0.05, 0.1) is 0 Å². The summed E-state index contributed by atoms with van der Waals surface area (Å²) in [5.74, 6) is 0. The van der Waals surface area contributed by atoms with Crippen LogP contribution in [0.15, 0.2) is 24.3 Å². The van der Waals surface area contributed by atoms with Crippen molar-refractivity contribution in [1.29, 1.82) is 0 Å². The van der Waals surface area contributed by atoms with Crippen LogP contribution in [-0.2, 0) is 6.54 Å². The SMILES string of the molecule is CCCC(C)N1CC(CC)NCc2ccccc21. The summed E-state index contributed by atoms with van der Waals surface area (Å²) in [6.45, 7) is 9.04. The Morgan fingerprint density at radius 2 is 2.11 bits per heavy atom. The van der Waals surface area contributed by atoms with Crippen molar-refractivity contribution in [2.75, 3.05) is 11.4 Å². The first kappa shape index (κ1) is 13.4. The van der Waals surface area contributed by atoms with E-state index in [0.717, 1.165) is 13.1 Å². The van der Waals surface area contributed by atoms with Crippen LogP contribution in [0.1, 0.15) is 45.6 Å². The van der Waals surface area contributed by atoms with Crippen LogP contribution in [0.2, 0.25) is 0 Å². The Kier molecular flexibility index (Phi) is 4.65. The number of rotatable bonds is 4. The lowest BCUT2D eigenvalue weighted by molar-refractivity contribution is 0.476. The molecule has 0 saturated carbocycles. The van der Waals surface area contributed by atoms with Gasteiger partial charge in [0, 0.05) is 30.9 Å². The van der Waals surface area contributed by atoms with Crippen molar-refractivity contribution in [1.82, 2.24) is 5.32 Å². The van der Waals surface area contributed by atoms with Gasteiger partial charge in [-0.1, -0.05) is 38.5 Å². The van der Waals surface area contributed by atoms with Crippen LogP contribution in [0.25, 0.3) is 0 Å². The molecule has 1 heterocycles. The fraction of sp³-hybridized carbons (Fsp3) is 0.625. The summed E-state index contributed by atoms with van der Waals surface area (Å²) < 4.78 is 0. The third-order valence-corrected chi connectivity index (χ3v) is 4.03. The molecular weight excluding hydrogens is 220 g/mol. The van der Waals surface area contributed by atoms with Gasteiger partial charge in [-0.05, 0) is 31.4 Å². The summed E-state index contributed by atoms with van der Waals surface area (Å²) >= 11 is 0. The number of anilines is 1. The van der Waals surface area contributed by atoms with Crippen molar-refractivity contribution in [2.45, 2.75) is 58.7 Å². The van der Waals surface area contributed by atoms with Crippen LogP contribution in [0.5, 0.6) is 0 Å². The lowest BCUT2D eigenvalue weighted by Gasteiger charge is -2.33. The van der Waals surface area contributed by atoms with E-state index >= 15 is 0 Å². The molecule has 1 N–H and O–H groups in total. The zero-order valence-corrected chi connectivity index (χ0v) is 11.9. The standard InChI is InChI=1S/C16H26N2/c1-4-8-13(3)18-12-15(5-2)17-11-14-9-6-7-10-16(14)18/h6-7,9-10,13,15,17H,4-5,8,11-12H2,1-3H3. The maximum Gasteiger partial charge on any atom is 0.0414 e. The van der Waals surface area contributed by atoms with Gasteiger partial charge in [0.1, 0.15) is 0 Å². The first-order valence-electron chi connectivity index (χ1n) is 7.34. The minimum atomic E-state index is 0.608. The molecule has 0 spiro atoms. The maximum atomic E-state index is 3.67. The van der Waals surface area contributed by atoms with E-state index in [1.165, 1.54) is 30.5 Å². The molecule has 0 aromatic heterocycles. The Bertz CT molecular complexity index is 375. The van der Waals surface area contributed by atoms with Crippen LogP contribution >= 0.6 is 0 Å². The second kappa shape index (κ2) is 6.24. The number of para-hydroxylation sites is 1. The van der Waals surface area contributed by atoms with E-state index in [-0.39, 0.29) is 0 Å². The zero-order valence-electron chi connectivity index (χ0n) is 11.9. The highest BCUT2D eigenvalue weighted by Crippen LogP contribution is 2.27. The Labute approximate surface area is 111 Å². The van der Waals surface area contributed by atoms with Crippen molar-refractivity contribution >= 4 is 5.69 Å². The van der Waals surface area contributed by atoms with Crippen LogP contribution in [0.3, 0.4) is 0 Å². The molecule has 2 unspecified atom stereocenters. The summed E-state index contributed by atoms with van der Waals surface area (Å²) in [4.78, 5) is 2.60. The lowest BCUT2D eigenvalue weighted by atomic mass is 10.1. The highest BCUT2D eigenvalue weighted by molar-refractivity contribution is 5.55. The summed E-state index contributed by atoms with van der Waals surface area (Å²) in [5.41, 5.74) is 2.87. The number of benzene rings is 1. The molecule has 1 aromatic rings. The Hall–Kier alpha value is -1.02. The van der Waals surface area contributed by atoms with Gasteiger partial charge in [0.25, 0.3) is 0 Å². The average Bonchev–Trinajstić information content (AvgIpc) is 2.58. The molecule has 100 valence electrons. The van der Waals surface area contributed by atoms with Gasteiger partial charge < -0.3 is 10.2 Å². The smallest absolute Gasteiger partial charge is 0.0414 e. The molecule has 0 saturated heterocycles. The molecule has 18 heavy (non-hydrogen) atoms. The average molecular weight is 246 g/mol. The monoisotopic (exact) mass is 246 g/mol. The Morgan fingerprint density at radius 3 is 2.83 bits per heavy atom. The van der Waals surface area contributed by atoms with Crippen LogP contribution in [0.4, 0.5) is 5.69 Å². The van der Waals surface area contributed by atoms with E-state index in [1.807, 2.05) is 0 Å². The van der Waals surface area contributed by atoms with E-state index < -0.39 is 0 Å². The molecule has 1 aromatic carbocycles. The largest absolute Gasteiger partial charge is 0.367 e. The molecule has 0 radical (unpaired) electrons. The molecule has 1 aliphatic rings. The minimum Gasteiger partial charge on any atom is -0.367 e. The van der Waals surface area contributed by atoms with Gasteiger partial charge in [-0.15, -0.1) is 0 Å². The predicted octanol–water partition coefficient (Wildman–Crippen LogP) is 3.56. The molecule has 1 aliphatic heterocycles. The molecule has 2 nitrogen and oxygen atoms in total. The molecule has 0 fully saturated rings. The highest BCUT2D eigenvalue weighted by atomic mass is 15.2. The highest BCUT2D eigenvalue weighted by Gasteiger charge is 2.23. The molecule has 0 aliphatic carbocycles. The number of hydrogen-bond donors (Lipinski definition) is 1. The van der Waals surface area contributed by atoms with E-state index in [1.54, 1.807) is 0 Å². The van der Waals surface area contributed by atoms with Gasteiger partial charge in [0.15, 0.2) is 0 Å². The molecule has 2 heteroatoms. The van der Waals surface area contributed by atoms with Gasteiger partial charge >= 0.3 is 0 Å². The van der Waals surface area contributed by atoms with Gasteiger partial charge in [-0.25, -0.2) is 0 Å². The maximum absolute atomic E-state index is 3.67. The fourth-order valence-corrected chi connectivity index (χ4v) is 2.86. The van der Waals surface area contributed by atoms with E-state index in [9.17, 15) is 0 Å². The third kappa shape index (κ3) is 2.86. The van der Waals surface area contributed by atoms with E-state index in [0.29, 0.717) is 12.1 Å². The minimum absolute atomic E-state index is 0.608.